The number of amides is 1. The largest absolute Gasteiger partial charge is 0.465 e. The maximum Gasteiger partial charge on any atom is 0.365 e. The molecule has 0 saturated carbocycles. The molecular weight excluding hydrogens is 360 g/mol. The molecule has 1 N–H and O–H groups in total. The molecule has 8 heteroatoms. The lowest BCUT2D eigenvalue weighted by atomic mass is 10.1. The van der Waals surface area contributed by atoms with E-state index in [1.807, 2.05) is 31.2 Å². The fraction of sp³-hybridized carbons (Fsp3) is 0.150. The molecule has 0 radical (unpaired) electrons. The third-order valence-electron chi connectivity index (χ3n) is 3.99. The third-order valence-corrected chi connectivity index (χ3v) is 3.99. The summed E-state index contributed by atoms with van der Waals surface area (Å²) < 4.78 is 5.60. The molecule has 2 aromatic carbocycles. The van der Waals surface area contributed by atoms with Gasteiger partial charge in [-0.05, 0) is 31.2 Å². The van der Waals surface area contributed by atoms with Crippen LogP contribution in [0.25, 0.3) is 11.3 Å². The first-order chi connectivity index (χ1) is 13.5. The monoisotopic (exact) mass is 378 g/mol. The highest BCUT2D eigenvalue weighted by Gasteiger charge is 2.10. The van der Waals surface area contributed by atoms with E-state index in [0.29, 0.717) is 16.9 Å². The first kappa shape index (κ1) is 19.0. The van der Waals surface area contributed by atoms with Gasteiger partial charge in [-0.15, -0.1) is 0 Å². The first-order valence-corrected chi connectivity index (χ1v) is 8.45. The lowest BCUT2D eigenvalue weighted by Gasteiger charge is -2.08. The zero-order valence-corrected chi connectivity index (χ0v) is 15.4. The number of ether oxygens (including phenoxy) is 1. The summed E-state index contributed by atoms with van der Waals surface area (Å²) in [5.74, 6) is -0.904. The van der Waals surface area contributed by atoms with Crippen molar-refractivity contribution in [2.45, 2.75) is 13.5 Å². The van der Waals surface area contributed by atoms with Gasteiger partial charge in [-0.25, -0.2) is 14.3 Å². The van der Waals surface area contributed by atoms with E-state index in [0.717, 1.165) is 15.8 Å². The fourth-order valence-electron chi connectivity index (χ4n) is 2.48. The Hall–Kier alpha value is -3.81. The van der Waals surface area contributed by atoms with E-state index in [2.05, 4.69) is 20.1 Å². The number of carbonyl (C=O) groups is 2. The Morgan fingerprint density at radius 2 is 1.75 bits per heavy atom. The summed E-state index contributed by atoms with van der Waals surface area (Å²) in [6.07, 6.45) is 1.45. The molecular formula is C20H18N4O4. The van der Waals surface area contributed by atoms with Gasteiger partial charge in [0.05, 0.1) is 24.6 Å². The molecule has 0 aliphatic heterocycles. The normalized spacial score (nSPS) is 10.4. The van der Waals surface area contributed by atoms with Crippen LogP contribution in [-0.4, -0.2) is 33.8 Å². The van der Waals surface area contributed by atoms with Crippen LogP contribution in [-0.2, 0) is 16.1 Å². The highest BCUT2D eigenvalue weighted by molar-refractivity contribution is 5.92. The fourth-order valence-corrected chi connectivity index (χ4v) is 2.48. The molecule has 0 aliphatic carbocycles. The number of anilines is 1. The van der Waals surface area contributed by atoms with Crippen molar-refractivity contribution < 1.29 is 14.3 Å². The van der Waals surface area contributed by atoms with Gasteiger partial charge >= 0.3 is 11.7 Å². The second-order valence-electron chi connectivity index (χ2n) is 6.06. The molecule has 0 aliphatic rings. The van der Waals surface area contributed by atoms with Crippen molar-refractivity contribution in [3.63, 3.8) is 0 Å². The summed E-state index contributed by atoms with van der Waals surface area (Å²) in [4.78, 5) is 39.7. The number of hydrogen-bond acceptors (Lipinski definition) is 6. The summed E-state index contributed by atoms with van der Waals surface area (Å²) >= 11 is 0. The molecule has 1 aromatic heterocycles. The Labute approximate surface area is 160 Å². The van der Waals surface area contributed by atoms with Crippen molar-refractivity contribution in [3.05, 3.63) is 76.3 Å². The Kier molecular flexibility index (Phi) is 5.59. The zero-order valence-electron chi connectivity index (χ0n) is 15.4. The molecule has 3 rings (SSSR count). The number of esters is 1. The summed E-state index contributed by atoms with van der Waals surface area (Å²) in [7, 11) is 1.29. The quantitative estimate of drug-likeness (QED) is 0.682. The number of carbonyl (C=O) groups excluding carboxylic acids is 2. The molecule has 0 unspecified atom stereocenters. The Balaban J connectivity index is 1.68. The second kappa shape index (κ2) is 8.26. The molecule has 0 fully saturated rings. The number of rotatable bonds is 5. The number of nitrogens with one attached hydrogen (secondary N) is 1. The average Bonchev–Trinajstić information content (AvgIpc) is 2.70. The second-order valence-corrected chi connectivity index (χ2v) is 6.06. The van der Waals surface area contributed by atoms with Crippen LogP contribution in [0.15, 0.2) is 59.5 Å². The minimum atomic E-state index is -0.616. The van der Waals surface area contributed by atoms with E-state index < -0.39 is 17.6 Å². The maximum absolute atomic E-state index is 12.2. The molecule has 1 heterocycles. The Morgan fingerprint density at radius 3 is 2.36 bits per heavy atom. The standard InChI is InChI=1S/C20H18N4O4/c1-13-3-5-14(6-4-13)17-11-21-24(20(27)23-17)12-18(25)22-16-9-7-15(8-10-16)19(26)28-2/h3-11H,12H2,1-2H3,(H,22,25). The van der Waals surface area contributed by atoms with Crippen LogP contribution < -0.4 is 11.0 Å². The lowest BCUT2D eigenvalue weighted by Crippen LogP contribution is -2.31. The van der Waals surface area contributed by atoms with Crippen molar-refractivity contribution in [2.24, 2.45) is 0 Å². The third kappa shape index (κ3) is 4.47. The van der Waals surface area contributed by atoms with Gasteiger partial charge in [-0.2, -0.15) is 10.1 Å². The van der Waals surface area contributed by atoms with Crippen LogP contribution in [0.3, 0.4) is 0 Å². The van der Waals surface area contributed by atoms with E-state index in [1.54, 1.807) is 12.1 Å². The summed E-state index contributed by atoms with van der Waals surface area (Å²) in [6.45, 7) is 1.69. The number of benzene rings is 2. The minimum absolute atomic E-state index is 0.279. The van der Waals surface area contributed by atoms with Gasteiger partial charge < -0.3 is 10.1 Å². The molecule has 28 heavy (non-hydrogen) atoms. The van der Waals surface area contributed by atoms with Gasteiger partial charge in [-0.3, -0.25) is 4.79 Å². The molecule has 0 saturated heterocycles. The van der Waals surface area contributed by atoms with Crippen LogP contribution in [0.4, 0.5) is 5.69 Å². The van der Waals surface area contributed by atoms with Crippen molar-refractivity contribution >= 4 is 17.6 Å². The molecule has 0 bridgehead atoms. The predicted octanol–water partition coefficient (Wildman–Crippen LogP) is 2.04. The van der Waals surface area contributed by atoms with E-state index in [4.69, 9.17) is 0 Å². The Morgan fingerprint density at radius 1 is 1.07 bits per heavy atom. The summed E-state index contributed by atoms with van der Waals surface area (Å²) in [6, 6.07) is 13.7. The van der Waals surface area contributed by atoms with Crippen molar-refractivity contribution in [1.29, 1.82) is 0 Å². The van der Waals surface area contributed by atoms with E-state index >= 15 is 0 Å². The number of aryl methyl sites for hydroxylation is 1. The van der Waals surface area contributed by atoms with Gasteiger partial charge in [0.15, 0.2) is 0 Å². The highest BCUT2D eigenvalue weighted by Crippen LogP contribution is 2.15. The van der Waals surface area contributed by atoms with Gasteiger partial charge in [0.2, 0.25) is 5.91 Å². The molecule has 1 amide bonds. The SMILES string of the molecule is COC(=O)c1ccc(NC(=O)Cn2ncc(-c3ccc(C)cc3)nc2=O)cc1. The van der Waals surface area contributed by atoms with Gasteiger partial charge in [0, 0.05) is 11.3 Å². The highest BCUT2D eigenvalue weighted by atomic mass is 16.5. The van der Waals surface area contributed by atoms with Crippen molar-refractivity contribution in [1.82, 2.24) is 14.8 Å². The smallest absolute Gasteiger partial charge is 0.365 e. The van der Waals surface area contributed by atoms with Crippen molar-refractivity contribution in [3.8, 4) is 11.3 Å². The minimum Gasteiger partial charge on any atom is -0.465 e. The number of nitrogens with zero attached hydrogens (tertiary/aromatic N) is 3. The molecule has 8 nitrogen and oxygen atoms in total. The zero-order chi connectivity index (χ0) is 20.1. The molecule has 0 spiro atoms. The van der Waals surface area contributed by atoms with Crippen LogP contribution in [0.5, 0.6) is 0 Å². The van der Waals surface area contributed by atoms with E-state index in [9.17, 15) is 14.4 Å². The van der Waals surface area contributed by atoms with Gasteiger partial charge in [0.1, 0.15) is 6.54 Å². The number of hydrogen-bond donors (Lipinski definition) is 1. The summed E-state index contributed by atoms with van der Waals surface area (Å²) in [5, 5.41) is 6.66. The Bertz CT molecular complexity index is 1060. The lowest BCUT2D eigenvalue weighted by molar-refractivity contribution is -0.117. The summed E-state index contributed by atoms with van der Waals surface area (Å²) in [5.41, 5.74) is 2.55. The first-order valence-electron chi connectivity index (χ1n) is 8.45. The van der Waals surface area contributed by atoms with Crippen molar-refractivity contribution in [2.75, 3.05) is 12.4 Å². The molecule has 142 valence electrons. The van der Waals surface area contributed by atoms with Crippen LogP contribution in [0.2, 0.25) is 0 Å². The number of methoxy groups -OCH3 is 1. The van der Waals surface area contributed by atoms with Gasteiger partial charge in [0.25, 0.3) is 0 Å². The molecule has 3 aromatic rings. The van der Waals surface area contributed by atoms with E-state index in [-0.39, 0.29) is 6.54 Å². The number of aromatic nitrogens is 3. The van der Waals surface area contributed by atoms with Crippen LogP contribution >= 0.6 is 0 Å². The van der Waals surface area contributed by atoms with E-state index in [1.165, 1.54) is 25.4 Å². The van der Waals surface area contributed by atoms with Crippen LogP contribution in [0, 0.1) is 6.92 Å². The van der Waals surface area contributed by atoms with Gasteiger partial charge in [-0.1, -0.05) is 29.8 Å². The average molecular weight is 378 g/mol. The predicted molar refractivity (Wildman–Crippen MR) is 103 cm³/mol. The van der Waals surface area contributed by atoms with Crippen LogP contribution in [0.1, 0.15) is 15.9 Å². The maximum atomic E-state index is 12.2. The molecule has 0 atom stereocenters. The topological polar surface area (TPSA) is 103 Å².